The molecule has 0 N–H and O–H groups in total. The quantitative estimate of drug-likeness (QED) is 0.687. The smallest absolute Gasteiger partial charge is 0.183 e. The van der Waals surface area contributed by atoms with Crippen LogP contribution in [0.4, 0.5) is 0 Å². The molecular formula is C11H8ClN3O. The number of hydrogen-bond acceptors (Lipinski definition) is 4. The Kier molecular flexibility index (Phi) is 2.88. The first kappa shape index (κ1) is 10.7. The molecule has 2 rings (SSSR count). The van der Waals surface area contributed by atoms with Gasteiger partial charge in [0, 0.05) is 12.7 Å². The van der Waals surface area contributed by atoms with Crippen LogP contribution in [0.25, 0.3) is 0 Å². The van der Waals surface area contributed by atoms with Gasteiger partial charge < -0.3 is 4.90 Å². The third kappa shape index (κ3) is 1.77. The minimum absolute atomic E-state index is 0.134. The second kappa shape index (κ2) is 4.33. The van der Waals surface area contributed by atoms with Gasteiger partial charge in [0.05, 0.1) is 16.9 Å². The van der Waals surface area contributed by atoms with Gasteiger partial charge in [-0.15, -0.1) is 0 Å². The third-order valence-corrected chi connectivity index (χ3v) is 2.77. The molecule has 0 aromatic carbocycles. The van der Waals surface area contributed by atoms with Crippen LogP contribution in [0, 0.1) is 11.3 Å². The van der Waals surface area contributed by atoms with Crippen molar-refractivity contribution in [3.8, 4) is 6.07 Å². The van der Waals surface area contributed by atoms with Crippen LogP contribution in [0.1, 0.15) is 0 Å². The van der Waals surface area contributed by atoms with Gasteiger partial charge in [0.15, 0.2) is 5.78 Å². The predicted molar refractivity (Wildman–Crippen MR) is 60.8 cm³/mol. The van der Waals surface area contributed by atoms with E-state index in [9.17, 15) is 4.79 Å². The van der Waals surface area contributed by atoms with Gasteiger partial charge in [-0.2, -0.15) is 5.26 Å². The maximum absolute atomic E-state index is 11.7. The highest BCUT2D eigenvalue weighted by molar-refractivity contribution is 6.34. The summed E-state index contributed by atoms with van der Waals surface area (Å²) in [5, 5.41) is 9.10. The molecule has 1 aliphatic heterocycles. The van der Waals surface area contributed by atoms with Crippen LogP contribution in [-0.4, -0.2) is 29.6 Å². The SMILES string of the molecule is N#CC1=C(Cl)C(N2C=NC=CC2)C(=O)C=C1. The fourth-order valence-corrected chi connectivity index (χ4v) is 1.92. The van der Waals surface area contributed by atoms with Gasteiger partial charge in [0.2, 0.25) is 0 Å². The van der Waals surface area contributed by atoms with Gasteiger partial charge in [-0.05, 0) is 18.2 Å². The topological polar surface area (TPSA) is 56.5 Å². The summed E-state index contributed by atoms with van der Waals surface area (Å²) in [5.41, 5.74) is 0.328. The van der Waals surface area contributed by atoms with Crippen LogP contribution in [-0.2, 0) is 4.79 Å². The van der Waals surface area contributed by atoms with E-state index in [4.69, 9.17) is 16.9 Å². The molecule has 0 fully saturated rings. The Morgan fingerprint density at radius 2 is 2.38 bits per heavy atom. The van der Waals surface area contributed by atoms with Gasteiger partial charge in [0.25, 0.3) is 0 Å². The summed E-state index contributed by atoms with van der Waals surface area (Å²) >= 11 is 6.03. The number of ketones is 1. The molecule has 0 saturated carbocycles. The Balaban J connectivity index is 2.33. The zero-order valence-electron chi connectivity index (χ0n) is 8.30. The molecule has 5 heteroatoms. The van der Waals surface area contributed by atoms with Crippen LogP contribution in [0.2, 0.25) is 0 Å². The van der Waals surface area contributed by atoms with Crippen molar-refractivity contribution in [2.24, 2.45) is 4.99 Å². The average molecular weight is 234 g/mol. The van der Waals surface area contributed by atoms with Crippen molar-refractivity contribution in [1.29, 1.82) is 5.26 Å². The Bertz CT molecular complexity index is 482. The van der Waals surface area contributed by atoms with Crippen LogP contribution < -0.4 is 0 Å². The average Bonchev–Trinajstić information content (AvgIpc) is 2.31. The van der Waals surface area contributed by atoms with Crippen molar-refractivity contribution in [2.75, 3.05) is 6.54 Å². The van der Waals surface area contributed by atoms with Gasteiger partial charge in [-0.25, -0.2) is 4.99 Å². The van der Waals surface area contributed by atoms with E-state index in [1.807, 2.05) is 12.1 Å². The van der Waals surface area contributed by atoms with Crippen LogP contribution in [0.5, 0.6) is 0 Å². The van der Waals surface area contributed by atoms with Gasteiger partial charge in [-0.1, -0.05) is 11.6 Å². The molecule has 0 radical (unpaired) electrons. The minimum atomic E-state index is -0.616. The number of nitriles is 1. The lowest BCUT2D eigenvalue weighted by atomic mass is 10.0. The fourth-order valence-electron chi connectivity index (χ4n) is 1.58. The highest BCUT2D eigenvalue weighted by Gasteiger charge is 2.30. The van der Waals surface area contributed by atoms with Crippen molar-refractivity contribution >= 4 is 23.7 Å². The Labute approximate surface area is 97.8 Å². The lowest BCUT2D eigenvalue weighted by Crippen LogP contribution is -2.42. The summed E-state index contributed by atoms with van der Waals surface area (Å²) in [6.07, 6.45) is 7.85. The maximum atomic E-state index is 11.7. The number of hydrogen-bond donors (Lipinski definition) is 0. The second-order valence-electron chi connectivity index (χ2n) is 3.36. The van der Waals surface area contributed by atoms with Crippen molar-refractivity contribution < 1.29 is 4.79 Å². The molecule has 1 aliphatic carbocycles. The molecule has 1 unspecified atom stereocenters. The van der Waals surface area contributed by atoms with Crippen molar-refractivity contribution in [2.45, 2.75) is 6.04 Å². The Hall–Kier alpha value is -1.86. The van der Waals surface area contributed by atoms with E-state index in [2.05, 4.69) is 4.99 Å². The summed E-state index contributed by atoms with van der Waals surface area (Å²) in [6, 6.07) is 1.35. The summed E-state index contributed by atoms with van der Waals surface area (Å²) in [6.45, 7) is 0.558. The first-order chi connectivity index (χ1) is 7.74. The van der Waals surface area contributed by atoms with Gasteiger partial charge in [-0.3, -0.25) is 4.79 Å². The molecule has 0 aromatic heterocycles. The number of carbonyl (C=O) groups excluding carboxylic acids is 1. The summed E-state index contributed by atoms with van der Waals surface area (Å²) in [5.74, 6) is -0.134. The molecule has 0 spiro atoms. The highest BCUT2D eigenvalue weighted by Crippen LogP contribution is 2.24. The molecule has 4 nitrogen and oxygen atoms in total. The summed E-state index contributed by atoms with van der Waals surface area (Å²) < 4.78 is 0. The Morgan fingerprint density at radius 1 is 1.56 bits per heavy atom. The number of allylic oxidation sites excluding steroid dienone is 2. The molecule has 0 amide bonds. The van der Waals surface area contributed by atoms with E-state index in [0.717, 1.165) is 0 Å². The van der Waals surface area contributed by atoms with E-state index >= 15 is 0 Å². The van der Waals surface area contributed by atoms with E-state index in [0.29, 0.717) is 12.1 Å². The number of halogens is 1. The molecule has 1 atom stereocenters. The van der Waals surface area contributed by atoms with Crippen molar-refractivity contribution in [3.63, 3.8) is 0 Å². The molecular weight excluding hydrogens is 226 g/mol. The van der Waals surface area contributed by atoms with Gasteiger partial charge in [0.1, 0.15) is 12.1 Å². The third-order valence-electron chi connectivity index (χ3n) is 2.36. The molecule has 2 aliphatic rings. The van der Waals surface area contributed by atoms with E-state index in [-0.39, 0.29) is 10.8 Å². The van der Waals surface area contributed by atoms with Crippen LogP contribution in [0.3, 0.4) is 0 Å². The first-order valence-corrected chi connectivity index (χ1v) is 5.07. The van der Waals surface area contributed by atoms with Gasteiger partial charge >= 0.3 is 0 Å². The normalized spacial score (nSPS) is 23.9. The lowest BCUT2D eigenvalue weighted by Gasteiger charge is -2.29. The number of rotatable bonds is 1. The first-order valence-electron chi connectivity index (χ1n) is 4.70. The predicted octanol–water partition coefficient (Wildman–Crippen LogP) is 1.37. The van der Waals surface area contributed by atoms with Crippen molar-refractivity contribution in [3.05, 3.63) is 35.0 Å². The zero-order chi connectivity index (χ0) is 11.5. The molecule has 16 heavy (non-hydrogen) atoms. The van der Waals surface area contributed by atoms with Crippen molar-refractivity contribution in [1.82, 2.24) is 4.90 Å². The molecule has 80 valence electrons. The molecule has 0 saturated heterocycles. The van der Waals surface area contributed by atoms with E-state index in [1.54, 1.807) is 17.4 Å². The largest absolute Gasteiger partial charge is 0.343 e. The number of aliphatic imine (C=N–C) groups is 1. The number of nitrogens with zero attached hydrogens (tertiary/aromatic N) is 3. The zero-order valence-corrected chi connectivity index (χ0v) is 9.05. The lowest BCUT2D eigenvalue weighted by molar-refractivity contribution is -0.117. The fraction of sp³-hybridized carbons (Fsp3) is 0.182. The molecule has 1 heterocycles. The standard InChI is InChI=1S/C11H8ClN3O/c12-10-8(6-13)2-3-9(16)11(10)15-5-1-4-14-7-15/h1-4,7,11H,5H2. The summed E-state index contributed by atoms with van der Waals surface area (Å²) in [7, 11) is 0. The van der Waals surface area contributed by atoms with E-state index < -0.39 is 6.04 Å². The number of carbonyl (C=O) groups is 1. The van der Waals surface area contributed by atoms with Crippen LogP contribution in [0.15, 0.2) is 40.0 Å². The monoisotopic (exact) mass is 233 g/mol. The van der Waals surface area contributed by atoms with Crippen LogP contribution >= 0.6 is 11.6 Å². The molecule has 0 bridgehead atoms. The maximum Gasteiger partial charge on any atom is 0.183 e. The Morgan fingerprint density at radius 3 is 3.00 bits per heavy atom. The molecule has 0 aromatic rings. The van der Waals surface area contributed by atoms with E-state index in [1.165, 1.54) is 12.2 Å². The summed E-state index contributed by atoms with van der Waals surface area (Å²) in [4.78, 5) is 17.4. The highest BCUT2D eigenvalue weighted by atomic mass is 35.5. The minimum Gasteiger partial charge on any atom is -0.343 e. The second-order valence-corrected chi connectivity index (χ2v) is 3.76.